The average molecular weight is 369 g/mol. The van der Waals surface area contributed by atoms with E-state index in [1.54, 1.807) is 0 Å². The molecule has 0 N–H and O–H groups in total. The van der Waals surface area contributed by atoms with E-state index in [2.05, 4.69) is 6.92 Å². The van der Waals surface area contributed by atoms with E-state index in [0.29, 0.717) is 6.42 Å². The molecule has 0 unspecified atom stereocenters. The smallest absolute Gasteiger partial charge is 0.311 e. The van der Waals surface area contributed by atoms with E-state index < -0.39 is 5.41 Å². The maximum Gasteiger partial charge on any atom is 0.311 e. The molecule has 3 heteroatoms. The summed E-state index contributed by atoms with van der Waals surface area (Å²) in [4.78, 5) is 22.2. The lowest BCUT2D eigenvalue weighted by Crippen LogP contribution is -2.27. The lowest BCUT2D eigenvalue weighted by molar-refractivity contribution is -0.154. The number of ether oxygens (including phenoxy) is 1. The van der Waals surface area contributed by atoms with Crippen LogP contribution in [0.25, 0.3) is 0 Å². The molecule has 0 heterocycles. The molecule has 0 aliphatic carbocycles. The maximum atomic E-state index is 12.0. The highest BCUT2D eigenvalue weighted by molar-refractivity contribution is 5.76. The number of esters is 1. The third kappa shape index (κ3) is 15.4. The molecular formula is C23H44O3. The van der Waals surface area contributed by atoms with Crippen LogP contribution in [0.15, 0.2) is 0 Å². The zero-order chi connectivity index (χ0) is 19.5. The fourth-order valence-corrected chi connectivity index (χ4v) is 3.26. The summed E-state index contributed by atoms with van der Waals surface area (Å²) in [5.41, 5.74) is -0.431. The number of unbranched alkanes of at least 4 members (excludes halogenated alkanes) is 13. The summed E-state index contributed by atoms with van der Waals surface area (Å²) in [6.07, 6.45) is 20.8. The van der Waals surface area contributed by atoms with Gasteiger partial charge in [-0.3, -0.25) is 4.79 Å². The first-order valence-electron chi connectivity index (χ1n) is 11.2. The van der Waals surface area contributed by atoms with Crippen LogP contribution in [0.5, 0.6) is 0 Å². The van der Waals surface area contributed by atoms with Crippen LogP contribution in [0.1, 0.15) is 124 Å². The molecule has 26 heavy (non-hydrogen) atoms. The van der Waals surface area contributed by atoms with Crippen LogP contribution in [0.4, 0.5) is 0 Å². The monoisotopic (exact) mass is 368 g/mol. The topological polar surface area (TPSA) is 43.4 Å². The van der Waals surface area contributed by atoms with Crippen molar-refractivity contribution in [2.24, 2.45) is 5.41 Å². The Morgan fingerprint density at radius 2 is 1.19 bits per heavy atom. The molecule has 0 aliphatic heterocycles. The standard InChI is InChI=1S/C23H44O3/c1-4-5-6-7-8-9-10-11-12-13-14-15-16-17-19-23(2,3)22(25)26-21-18-20-24/h20H,4-19,21H2,1-3H3. The SMILES string of the molecule is CCCCCCCCCCCCCCCCC(C)(C)C(=O)OCCC=O. The molecule has 0 saturated heterocycles. The Hall–Kier alpha value is -0.860. The second-order valence-corrected chi connectivity index (χ2v) is 8.32. The van der Waals surface area contributed by atoms with Gasteiger partial charge in [0, 0.05) is 6.42 Å². The van der Waals surface area contributed by atoms with Crippen molar-refractivity contribution in [1.29, 1.82) is 0 Å². The minimum Gasteiger partial charge on any atom is -0.465 e. The van der Waals surface area contributed by atoms with E-state index in [1.165, 1.54) is 83.5 Å². The van der Waals surface area contributed by atoms with Gasteiger partial charge in [0.25, 0.3) is 0 Å². The lowest BCUT2D eigenvalue weighted by atomic mass is 9.87. The summed E-state index contributed by atoms with van der Waals surface area (Å²) in [6, 6.07) is 0. The van der Waals surface area contributed by atoms with Crippen LogP contribution < -0.4 is 0 Å². The van der Waals surface area contributed by atoms with Crippen LogP contribution >= 0.6 is 0 Å². The molecule has 0 aliphatic rings. The third-order valence-electron chi connectivity index (χ3n) is 5.18. The minimum atomic E-state index is -0.431. The van der Waals surface area contributed by atoms with Gasteiger partial charge < -0.3 is 9.53 Å². The summed E-state index contributed by atoms with van der Waals surface area (Å²) in [6.45, 7) is 6.37. The molecule has 3 nitrogen and oxygen atoms in total. The van der Waals surface area contributed by atoms with Crippen LogP contribution in [-0.2, 0) is 14.3 Å². The highest BCUT2D eigenvalue weighted by atomic mass is 16.5. The summed E-state index contributed by atoms with van der Waals surface area (Å²) in [5, 5.41) is 0. The highest BCUT2D eigenvalue weighted by Crippen LogP contribution is 2.26. The van der Waals surface area contributed by atoms with Gasteiger partial charge in [0.05, 0.1) is 12.0 Å². The van der Waals surface area contributed by atoms with Crippen molar-refractivity contribution in [2.45, 2.75) is 124 Å². The van der Waals surface area contributed by atoms with E-state index in [4.69, 9.17) is 4.74 Å². The summed E-state index contributed by atoms with van der Waals surface area (Å²) in [7, 11) is 0. The molecule has 0 fully saturated rings. The Labute approximate surface area is 162 Å². The van der Waals surface area contributed by atoms with Crippen molar-refractivity contribution in [3.05, 3.63) is 0 Å². The Bertz CT molecular complexity index is 336. The number of carbonyl (C=O) groups is 2. The third-order valence-corrected chi connectivity index (χ3v) is 5.18. The van der Waals surface area contributed by atoms with Crippen molar-refractivity contribution < 1.29 is 14.3 Å². The first-order valence-corrected chi connectivity index (χ1v) is 11.2. The molecule has 0 bridgehead atoms. The van der Waals surface area contributed by atoms with E-state index >= 15 is 0 Å². The molecule has 0 spiro atoms. The lowest BCUT2D eigenvalue weighted by Gasteiger charge is -2.22. The number of carbonyl (C=O) groups excluding carboxylic acids is 2. The van der Waals surface area contributed by atoms with Crippen molar-refractivity contribution >= 4 is 12.3 Å². The largest absolute Gasteiger partial charge is 0.465 e. The van der Waals surface area contributed by atoms with Gasteiger partial charge >= 0.3 is 5.97 Å². The highest BCUT2D eigenvalue weighted by Gasteiger charge is 2.28. The van der Waals surface area contributed by atoms with Gasteiger partial charge in [-0.05, 0) is 20.3 Å². The Balaban J connectivity index is 3.39. The molecule has 0 saturated carbocycles. The van der Waals surface area contributed by atoms with Gasteiger partial charge in [0.1, 0.15) is 6.29 Å². The maximum absolute atomic E-state index is 12.0. The number of hydrogen-bond acceptors (Lipinski definition) is 3. The molecule has 0 amide bonds. The predicted octanol–water partition coefficient (Wildman–Crippen LogP) is 7.02. The molecule has 0 rings (SSSR count). The Kier molecular flexibility index (Phi) is 17.0. The zero-order valence-corrected chi connectivity index (χ0v) is 17.8. The number of rotatable bonds is 19. The van der Waals surface area contributed by atoms with E-state index in [0.717, 1.165) is 19.1 Å². The zero-order valence-electron chi connectivity index (χ0n) is 17.8. The van der Waals surface area contributed by atoms with E-state index in [9.17, 15) is 9.59 Å². The second kappa shape index (κ2) is 17.5. The van der Waals surface area contributed by atoms with Gasteiger partial charge in [0.15, 0.2) is 0 Å². The van der Waals surface area contributed by atoms with Gasteiger partial charge in [0.2, 0.25) is 0 Å². The minimum absolute atomic E-state index is 0.172. The average Bonchev–Trinajstić information content (AvgIpc) is 2.62. The van der Waals surface area contributed by atoms with E-state index in [-0.39, 0.29) is 12.6 Å². The molecule has 0 radical (unpaired) electrons. The molecule has 0 aromatic heterocycles. The Morgan fingerprint density at radius 1 is 0.769 bits per heavy atom. The van der Waals surface area contributed by atoms with Crippen molar-refractivity contribution in [2.75, 3.05) is 6.61 Å². The van der Waals surface area contributed by atoms with Gasteiger partial charge in [-0.1, -0.05) is 96.8 Å². The van der Waals surface area contributed by atoms with Crippen LogP contribution in [0, 0.1) is 5.41 Å². The number of aldehydes is 1. The Morgan fingerprint density at radius 3 is 1.62 bits per heavy atom. The fourth-order valence-electron chi connectivity index (χ4n) is 3.26. The molecule has 0 atom stereocenters. The summed E-state index contributed by atoms with van der Waals surface area (Å²) < 4.78 is 5.15. The predicted molar refractivity (Wildman–Crippen MR) is 110 cm³/mol. The number of hydrogen-bond donors (Lipinski definition) is 0. The fraction of sp³-hybridized carbons (Fsp3) is 0.913. The summed E-state index contributed by atoms with van der Waals surface area (Å²) >= 11 is 0. The van der Waals surface area contributed by atoms with Crippen LogP contribution in [-0.4, -0.2) is 18.9 Å². The molecule has 0 aromatic carbocycles. The molecule has 0 aromatic rings. The van der Waals surface area contributed by atoms with Gasteiger partial charge in [-0.15, -0.1) is 0 Å². The van der Waals surface area contributed by atoms with Gasteiger partial charge in [-0.25, -0.2) is 0 Å². The van der Waals surface area contributed by atoms with Crippen molar-refractivity contribution in [3.8, 4) is 0 Å². The molecular weight excluding hydrogens is 324 g/mol. The molecule has 154 valence electrons. The summed E-state index contributed by atoms with van der Waals surface area (Å²) in [5.74, 6) is -0.172. The van der Waals surface area contributed by atoms with Crippen molar-refractivity contribution in [1.82, 2.24) is 0 Å². The second-order valence-electron chi connectivity index (χ2n) is 8.32. The van der Waals surface area contributed by atoms with Crippen LogP contribution in [0.2, 0.25) is 0 Å². The van der Waals surface area contributed by atoms with Crippen LogP contribution in [0.3, 0.4) is 0 Å². The first kappa shape index (κ1) is 25.1. The van der Waals surface area contributed by atoms with Gasteiger partial charge in [-0.2, -0.15) is 0 Å². The normalized spacial score (nSPS) is 11.5. The first-order chi connectivity index (χ1) is 12.5. The van der Waals surface area contributed by atoms with E-state index in [1.807, 2.05) is 13.8 Å². The quantitative estimate of drug-likeness (QED) is 0.140. The van der Waals surface area contributed by atoms with Crippen molar-refractivity contribution in [3.63, 3.8) is 0 Å².